The Morgan fingerprint density at radius 3 is 2.20 bits per heavy atom. The van der Waals surface area contributed by atoms with Crippen LogP contribution in [0.4, 0.5) is 0 Å². The molecule has 54 valence electrons. The van der Waals surface area contributed by atoms with Gasteiger partial charge in [0.25, 0.3) is 0 Å². The second-order valence-electron chi connectivity index (χ2n) is 2.39. The molecule has 1 N–H and O–H groups in total. The van der Waals surface area contributed by atoms with E-state index in [4.69, 9.17) is 5.11 Å². The smallest absolute Gasteiger partial charge is 0.307 e. The van der Waals surface area contributed by atoms with Gasteiger partial charge >= 0.3 is 5.97 Å². The lowest BCUT2D eigenvalue weighted by molar-refractivity contribution is -0.139. The van der Waals surface area contributed by atoms with Crippen LogP contribution in [0.15, 0.2) is 12.7 Å². The van der Waals surface area contributed by atoms with Gasteiger partial charge in [-0.3, -0.25) is 4.79 Å². The number of carboxylic acid groups (broad SMARTS) is 1. The van der Waals surface area contributed by atoms with Crippen molar-refractivity contribution < 1.29 is 14.7 Å². The Balaban J connectivity index is 2.59. The summed E-state index contributed by atoms with van der Waals surface area (Å²) in [5.41, 5.74) is 0. The molecule has 1 saturated carbocycles. The first kappa shape index (κ1) is 6.99. The minimum absolute atomic E-state index is 0.130. The number of hydrogen-bond acceptors (Lipinski definition) is 2. The molecule has 1 aliphatic carbocycles. The van der Waals surface area contributed by atoms with Crippen LogP contribution in [0.25, 0.3) is 0 Å². The number of rotatable bonds is 3. The van der Waals surface area contributed by atoms with Crippen molar-refractivity contribution in [2.45, 2.75) is 0 Å². The number of allylic oxidation sites excluding steroid dienone is 1. The van der Waals surface area contributed by atoms with Crippen LogP contribution in [-0.2, 0) is 9.59 Å². The number of carbonyl (C=O) groups is 2. The van der Waals surface area contributed by atoms with E-state index in [0.29, 0.717) is 6.29 Å². The largest absolute Gasteiger partial charge is 0.481 e. The summed E-state index contributed by atoms with van der Waals surface area (Å²) in [5.74, 6) is -1.86. The summed E-state index contributed by atoms with van der Waals surface area (Å²) in [4.78, 5) is 20.4. The second-order valence-corrected chi connectivity index (χ2v) is 2.39. The Morgan fingerprint density at radius 2 is 2.10 bits per heavy atom. The normalized spacial score (nSPS) is 36.6. The first-order valence-corrected chi connectivity index (χ1v) is 3.03. The van der Waals surface area contributed by atoms with E-state index in [2.05, 4.69) is 6.58 Å². The van der Waals surface area contributed by atoms with E-state index < -0.39 is 11.9 Å². The molecule has 3 heteroatoms. The molecule has 1 aliphatic rings. The van der Waals surface area contributed by atoms with Crippen molar-refractivity contribution in [2.75, 3.05) is 0 Å². The van der Waals surface area contributed by atoms with Gasteiger partial charge in [-0.2, -0.15) is 0 Å². The SMILES string of the molecule is C=C[C@H]1[C@H](C=O)[C@H]1C(=O)O. The molecule has 3 atom stereocenters. The monoisotopic (exact) mass is 140 g/mol. The van der Waals surface area contributed by atoms with Gasteiger partial charge in [0.15, 0.2) is 0 Å². The molecule has 0 heterocycles. The van der Waals surface area contributed by atoms with Crippen molar-refractivity contribution in [3.8, 4) is 0 Å². The average Bonchev–Trinajstić information content (AvgIpc) is 2.60. The first-order valence-electron chi connectivity index (χ1n) is 3.03. The zero-order valence-corrected chi connectivity index (χ0v) is 5.36. The van der Waals surface area contributed by atoms with E-state index in [1.54, 1.807) is 0 Å². The van der Waals surface area contributed by atoms with Gasteiger partial charge in [0.05, 0.1) is 5.92 Å². The third-order valence-corrected chi connectivity index (χ3v) is 1.85. The molecule has 3 nitrogen and oxygen atoms in total. The summed E-state index contributed by atoms with van der Waals surface area (Å²) in [6.07, 6.45) is 2.21. The lowest BCUT2D eigenvalue weighted by atomic mass is 10.3. The Hall–Kier alpha value is -1.12. The molecule has 0 unspecified atom stereocenters. The van der Waals surface area contributed by atoms with Gasteiger partial charge in [0, 0.05) is 11.8 Å². The summed E-state index contributed by atoms with van der Waals surface area (Å²) in [6, 6.07) is 0. The highest BCUT2D eigenvalue weighted by atomic mass is 16.4. The maximum Gasteiger partial charge on any atom is 0.307 e. The van der Waals surface area contributed by atoms with Crippen molar-refractivity contribution in [1.82, 2.24) is 0 Å². The summed E-state index contributed by atoms with van der Waals surface area (Å²) in [7, 11) is 0. The van der Waals surface area contributed by atoms with Crippen LogP contribution in [-0.4, -0.2) is 17.4 Å². The molecule has 0 bridgehead atoms. The van der Waals surface area contributed by atoms with Crippen molar-refractivity contribution in [1.29, 1.82) is 0 Å². The Labute approximate surface area is 58.4 Å². The molecule has 0 amide bonds. The predicted octanol–water partition coefficient (Wildman–Crippen LogP) is 0.318. The van der Waals surface area contributed by atoms with Crippen molar-refractivity contribution in [2.24, 2.45) is 17.8 Å². The minimum Gasteiger partial charge on any atom is -0.481 e. The van der Waals surface area contributed by atoms with E-state index in [-0.39, 0.29) is 11.8 Å². The van der Waals surface area contributed by atoms with E-state index in [9.17, 15) is 9.59 Å². The molecule has 1 rings (SSSR count). The maximum absolute atomic E-state index is 10.3. The molecule has 1 fully saturated rings. The van der Waals surface area contributed by atoms with Crippen molar-refractivity contribution >= 4 is 12.3 Å². The highest BCUT2D eigenvalue weighted by Crippen LogP contribution is 2.45. The number of carboxylic acids is 1. The second kappa shape index (κ2) is 2.25. The molecule has 0 radical (unpaired) electrons. The van der Waals surface area contributed by atoms with Gasteiger partial charge in [-0.15, -0.1) is 6.58 Å². The third kappa shape index (κ3) is 0.835. The zero-order chi connectivity index (χ0) is 7.72. The molecule has 0 aliphatic heterocycles. The zero-order valence-electron chi connectivity index (χ0n) is 5.36. The molecular weight excluding hydrogens is 132 g/mol. The summed E-state index contributed by atoms with van der Waals surface area (Å²) in [6.45, 7) is 3.43. The van der Waals surface area contributed by atoms with Crippen LogP contribution in [0.5, 0.6) is 0 Å². The van der Waals surface area contributed by atoms with Gasteiger partial charge in [-0.25, -0.2) is 0 Å². The fourth-order valence-electron chi connectivity index (χ4n) is 1.17. The van der Waals surface area contributed by atoms with Gasteiger partial charge in [-0.05, 0) is 0 Å². The molecular formula is C7H8O3. The molecule has 10 heavy (non-hydrogen) atoms. The fourth-order valence-corrected chi connectivity index (χ4v) is 1.17. The molecule has 0 aromatic carbocycles. The van der Waals surface area contributed by atoms with E-state index >= 15 is 0 Å². The van der Waals surface area contributed by atoms with Crippen LogP contribution >= 0.6 is 0 Å². The third-order valence-electron chi connectivity index (χ3n) is 1.85. The molecule has 0 spiro atoms. The summed E-state index contributed by atoms with van der Waals surface area (Å²) >= 11 is 0. The van der Waals surface area contributed by atoms with E-state index in [1.165, 1.54) is 6.08 Å². The number of carbonyl (C=O) groups excluding carboxylic acids is 1. The average molecular weight is 140 g/mol. The number of aldehydes is 1. The molecule has 0 saturated heterocycles. The quantitative estimate of drug-likeness (QED) is 0.453. The first-order chi connectivity index (χ1) is 4.72. The predicted molar refractivity (Wildman–Crippen MR) is 34.4 cm³/mol. The Bertz CT molecular complexity index is 171. The van der Waals surface area contributed by atoms with Crippen LogP contribution < -0.4 is 0 Å². The minimum atomic E-state index is -0.901. The fraction of sp³-hybridized carbons (Fsp3) is 0.429. The topological polar surface area (TPSA) is 54.4 Å². The maximum atomic E-state index is 10.3. The van der Waals surface area contributed by atoms with Gasteiger partial charge < -0.3 is 9.90 Å². The van der Waals surface area contributed by atoms with Gasteiger partial charge in [-0.1, -0.05) is 6.08 Å². The van der Waals surface area contributed by atoms with E-state index in [1.807, 2.05) is 0 Å². The van der Waals surface area contributed by atoms with Crippen LogP contribution in [0.1, 0.15) is 0 Å². The van der Waals surface area contributed by atoms with Crippen LogP contribution in [0, 0.1) is 17.8 Å². The lowest BCUT2D eigenvalue weighted by Crippen LogP contribution is -2.00. The number of hydrogen-bond donors (Lipinski definition) is 1. The Kier molecular flexibility index (Phi) is 1.57. The van der Waals surface area contributed by atoms with E-state index in [0.717, 1.165) is 0 Å². The highest BCUT2D eigenvalue weighted by Gasteiger charge is 2.53. The Morgan fingerprint density at radius 1 is 1.50 bits per heavy atom. The molecule has 0 aromatic rings. The standard InChI is InChI=1S/C7H8O3/c1-2-4-5(3-8)6(4)7(9)10/h2-6H,1H2,(H,9,10)/t4-,5-,6-/m0/s1. The highest BCUT2D eigenvalue weighted by molar-refractivity contribution is 5.81. The van der Waals surface area contributed by atoms with Gasteiger partial charge in [0.1, 0.15) is 6.29 Å². The van der Waals surface area contributed by atoms with Crippen LogP contribution in [0.3, 0.4) is 0 Å². The van der Waals surface area contributed by atoms with Gasteiger partial charge in [0.2, 0.25) is 0 Å². The van der Waals surface area contributed by atoms with Crippen molar-refractivity contribution in [3.05, 3.63) is 12.7 Å². The lowest BCUT2D eigenvalue weighted by Gasteiger charge is -1.81. The molecule has 0 aromatic heterocycles. The summed E-state index contributed by atoms with van der Waals surface area (Å²) < 4.78 is 0. The summed E-state index contributed by atoms with van der Waals surface area (Å²) in [5, 5.41) is 8.45. The van der Waals surface area contributed by atoms with Crippen molar-refractivity contribution in [3.63, 3.8) is 0 Å². The van der Waals surface area contributed by atoms with Crippen LogP contribution in [0.2, 0.25) is 0 Å². The number of aliphatic carboxylic acids is 1.